The predicted molar refractivity (Wildman–Crippen MR) is 50.3 cm³/mol. The Morgan fingerprint density at radius 3 is 2.92 bits per heavy atom. The second-order valence-electron chi connectivity index (χ2n) is 2.41. The van der Waals surface area contributed by atoms with Gasteiger partial charge in [0, 0.05) is 0 Å². The van der Waals surface area contributed by atoms with Crippen LogP contribution in [0.25, 0.3) is 11.0 Å². The first kappa shape index (κ1) is 9.54. The summed E-state index contributed by atoms with van der Waals surface area (Å²) in [7, 11) is 0. The summed E-state index contributed by atoms with van der Waals surface area (Å²) in [4.78, 5) is 17.4. The van der Waals surface area contributed by atoms with E-state index in [0.717, 1.165) is 5.52 Å². The molecule has 0 aliphatic heterocycles. The van der Waals surface area contributed by atoms with Crippen molar-refractivity contribution in [2.24, 2.45) is 0 Å². The molecule has 0 fully saturated rings. The van der Waals surface area contributed by atoms with Gasteiger partial charge in [0.1, 0.15) is 5.52 Å². The maximum absolute atomic E-state index is 10.7. The highest BCUT2D eigenvalue weighted by molar-refractivity contribution is 6.00. The van der Waals surface area contributed by atoms with Crippen LogP contribution in [0.2, 0.25) is 0 Å². The van der Waals surface area contributed by atoms with E-state index < -0.39 is 5.97 Å². The minimum Gasteiger partial charge on any atom is -0.478 e. The van der Waals surface area contributed by atoms with Crippen molar-refractivity contribution in [1.29, 1.82) is 0 Å². The second kappa shape index (κ2) is 3.45. The fourth-order valence-electron chi connectivity index (χ4n) is 1.14. The molecule has 0 saturated carbocycles. The lowest BCUT2D eigenvalue weighted by Gasteiger charge is -1.93. The number of aromatic carboxylic acids is 1. The van der Waals surface area contributed by atoms with Crippen LogP contribution in [0, 0.1) is 0 Å². The molecule has 2 N–H and O–H groups in total. The summed E-state index contributed by atoms with van der Waals surface area (Å²) in [6.07, 6.45) is 1.48. The van der Waals surface area contributed by atoms with Crippen LogP contribution in [-0.2, 0) is 0 Å². The lowest BCUT2D eigenvalue weighted by atomic mass is 10.2. The molecule has 0 amide bonds. The number of benzene rings is 1. The van der Waals surface area contributed by atoms with Crippen molar-refractivity contribution in [1.82, 2.24) is 9.97 Å². The van der Waals surface area contributed by atoms with E-state index in [2.05, 4.69) is 9.97 Å². The zero-order valence-electron chi connectivity index (χ0n) is 6.52. The van der Waals surface area contributed by atoms with Crippen LogP contribution in [-0.4, -0.2) is 21.0 Å². The fraction of sp³-hybridized carbons (Fsp3) is 0. The lowest BCUT2D eigenvalue weighted by molar-refractivity contribution is 0.0699. The number of H-pyrrole nitrogens is 1. The molecule has 0 unspecified atom stereocenters. The number of rotatable bonds is 1. The number of halogens is 1. The third-order valence-electron chi connectivity index (χ3n) is 1.68. The SMILES string of the molecule is Cl.O=C(O)c1cccc2[nH]cnc12. The Bertz CT molecular complexity index is 438. The first-order valence-electron chi connectivity index (χ1n) is 3.44. The van der Waals surface area contributed by atoms with Gasteiger partial charge >= 0.3 is 5.97 Å². The standard InChI is InChI=1S/C8H6N2O2.ClH/c11-8(12)5-2-1-3-6-7(5)10-4-9-6;/h1-4H,(H,9,10)(H,11,12);1H. The third kappa shape index (κ3) is 1.48. The molecule has 0 aliphatic carbocycles. The number of nitrogens with zero attached hydrogens (tertiary/aromatic N) is 1. The number of carboxylic acids is 1. The number of aromatic nitrogens is 2. The highest BCUT2D eigenvalue weighted by Gasteiger charge is 2.08. The predicted octanol–water partition coefficient (Wildman–Crippen LogP) is 1.68. The van der Waals surface area contributed by atoms with Crippen molar-refractivity contribution in [3.05, 3.63) is 30.1 Å². The molecular formula is C8H7ClN2O2. The summed E-state index contributed by atoms with van der Waals surface area (Å²) < 4.78 is 0. The summed E-state index contributed by atoms with van der Waals surface area (Å²) in [5.74, 6) is -0.951. The Morgan fingerprint density at radius 2 is 2.23 bits per heavy atom. The van der Waals surface area contributed by atoms with E-state index in [1.54, 1.807) is 12.1 Å². The summed E-state index contributed by atoms with van der Waals surface area (Å²) in [5, 5.41) is 8.75. The molecule has 0 bridgehead atoms. The van der Waals surface area contributed by atoms with Gasteiger partial charge in [0.25, 0.3) is 0 Å². The number of aromatic amines is 1. The molecule has 1 aromatic heterocycles. The van der Waals surface area contributed by atoms with E-state index in [4.69, 9.17) is 5.11 Å². The highest BCUT2D eigenvalue weighted by Crippen LogP contribution is 2.13. The van der Waals surface area contributed by atoms with Gasteiger partial charge in [0.15, 0.2) is 0 Å². The second-order valence-corrected chi connectivity index (χ2v) is 2.41. The maximum Gasteiger partial charge on any atom is 0.337 e. The van der Waals surface area contributed by atoms with Crippen LogP contribution in [0.3, 0.4) is 0 Å². The van der Waals surface area contributed by atoms with Crippen molar-refractivity contribution < 1.29 is 9.90 Å². The number of hydrogen-bond acceptors (Lipinski definition) is 2. The van der Waals surface area contributed by atoms with Gasteiger partial charge in [-0.3, -0.25) is 0 Å². The molecule has 0 atom stereocenters. The number of imidazole rings is 1. The first-order valence-corrected chi connectivity index (χ1v) is 3.44. The Balaban J connectivity index is 0.000000845. The van der Waals surface area contributed by atoms with Crippen molar-refractivity contribution >= 4 is 29.4 Å². The van der Waals surface area contributed by atoms with Crippen LogP contribution in [0.15, 0.2) is 24.5 Å². The number of carboxylic acid groups (broad SMARTS) is 1. The van der Waals surface area contributed by atoms with E-state index in [1.165, 1.54) is 12.4 Å². The van der Waals surface area contributed by atoms with Gasteiger partial charge in [-0.05, 0) is 12.1 Å². The summed E-state index contributed by atoms with van der Waals surface area (Å²) in [6.45, 7) is 0. The van der Waals surface area contributed by atoms with Gasteiger partial charge in [0.05, 0.1) is 17.4 Å². The van der Waals surface area contributed by atoms with Gasteiger partial charge in [0.2, 0.25) is 0 Å². The molecule has 0 radical (unpaired) electrons. The molecular weight excluding hydrogens is 192 g/mol. The Hall–Kier alpha value is -1.55. The Morgan fingerprint density at radius 1 is 1.46 bits per heavy atom. The van der Waals surface area contributed by atoms with Gasteiger partial charge in [-0.2, -0.15) is 0 Å². The Kier molecular flexibility index (Phi) is 2.53. The van der Waals surface area contributed by atoms with Crippen LogP contribution in [0.4, 0.5) is 0 Å². The van der Waals surface area contributed by atoms with E-state index in [0.29, 0.717) is 5.52 Å². The topological polar surface area (TPSA) is 66.0 Å². The normalized spacial score (nSPS) is 9.54. The zero-order chi connectivity index (χ0) is 8.55. The first-order chi connectivity index (χ1) is 5.79. The maximum atomic E-state index is 10.7. The van der Waals surface area contributed by atoms with Gasteiger partial charge in [-0.25, -0.2) is 9.78 Å². The molecule has 1 heterocycles. The fourth-order valence-corrected chi connectivity index (χ4v) is 1.14. The van der Waals surface area contributed by atoms with E-state index in [1.807, 2.05) is 0 Å². The lowest BCUT2D eigenvalue weighted by Crippen LogP contribution is -1.96. The molecule has 5 heteroatoms. The summed E-state index contributed by atoms with van der Waals surface area (Å²) >= 11 is 0. The van der Waals surface area contributed by atoms with Crippen molar-refractivity contribution in [2.45, 2.75) is 0 Å². The summed E-state index contributed by atoms with van der Waals surface area (Å²) in [5.41, 5.74) is 1.48. The molecule has 0 spiro atoms. The van der Waals surface area contributed by atoms with Crippen molar-refractivity contribution in [3.8, 4) is 0 Å². The molecule has 13 heavy (non-hydrogen) atoms. The smallest absolute Gasteiger partial charge is 0.337 e. The monoisotopic (exact) mass is 198 g/mol. The quantitative estimate of drug-likeness (QED) is 0.733. The third-order valence-corrected chi connectivity index (χ3v) is 1.68. The number of para-hydroxylation sites is 1. The molecule has 1 aromatic carbocycles. The minimum atomic E-state index is -0.951. The van der Waals surface area contributed by atoms with Gasteiger partial charge in [-0.1, -0.05) is 6.07 Å². The zero-order valence-corrected chi connectivity index (χ0v) is 7.34. The molecule has 4 nitrogen and oxygen atoms in total. The number of nitrogens with one attached hydrogen (secondary N) is 1. The molecule has 2 aromatic rings. The summed E-state index contributed by atoms with van der Waals surface area (Å²) in [6, 6.07) is 5.00. The van der Waals surface area contributed by atoms with Crippen LogP contribution < -0.4 is 0 Å². The molecule has 0 saturated heterocycles. The number of carbonyl (C=O) groups is 1. The van der Waals surface area contributed by atoms with Crippen molar-refractivity contribution in [3.63, 3.8) is 0 Å². The molecule has 0 aliphatic rings. The number of hydrogen-bond donors (Lipinski definition) is 2. The van der Waals surface area contributed by atoms with Crippen LogP contribution in [0.1, 0.15) is 10.4 Å². The van der Waals surface area contributed by atoms with Gasteiger partial charge < -0.3 is 10.1 Å². The highest BCUT2D eigenvalue weighted by atomic mass is 35.5. The Labute approximate surface area is 80.0 Å². The molecule has 2 rings (SSSR count). The van der Waals surface area contributed by atoms with Crippen molar-refractivity contribution in [2.75, 3.05) is 0 Å². The van der Waals surface area contributed by atoms with Crippen LogP contribution >= 0.6 is 12.4 Å². The van der Waals surface area contributed by atoms with Crippen LogP contribution in [0.5, 0.6) is 0 Å². The largest absolute Gasteiger partial charge is 0.478 e. The average molecular weight is 199 g/mol. The van der Waals surface area contributed by atoms with E-state index in [9.17, 15) is 4.79 Å². The van der Waals surface area contributed by atoms with E-state index >= 15 is 0 Å². The van der Waals surface area contributed by atoms with Gasteiger partial charge in [-0.15, -0.1) is 12.4 Å². The number of fused-ring (bicyclic) bond motifs is 1. The van der Waals surface area contributed by atoms with E-state index in [-0.39, 0.29) is 18.0 Å². The minimum absolute atomic E-state index is 0. The molecule has 68 valence electrons. The average Bonchev–Trinajstić information content (AvgIpc) is 2.49.